The lowest BCUT2D eigenvalue weighted by Crippen LogP contribution is -2.12. The van der Waals surface area contributed by atoms with Gasteiger partial charge < -0.3 is 10.1 Å². The van der Waals surface area contributed by atoms with E-state index in [2.05, 4.69) is 10.1 Å². The van der Waals surface area contributed by atoms with Crippen LogP contribution in [0.5, 0.6) is 0 Å². The van der Waals surface area contributed by atoms with E-state index in [1.165, 1.54) is 31.4 Å². The van der Waals surface area contributed by atoms with Crippen LogP contribution in [-0.4, -0.2) is 13.1 Å². The van der Waals surface area contributed by atoms with Gasteiger partial charge in [0, 0.05) is 11.7 Å². The minimum Gasteiger partial charge on any atom is -0.465 e. The van der Waals surface area contributed by atoms with Gasteiger partial charge in [-0.3, -0.25) is 0 Å². The molecule has 0 bridgehead atoms. The van der Waals surface area contributed by atoms with E-state index in [1.807, 2.05) is 6.92 Å². The number of rotatable bonds is 4. The summed E-state index contributed by atoms with van der Waals surface area (Å²) < 4.78 is 30.8. The highest BCUT2D eigenvalue weighted by Crippen LogP contribution is 2.24. The molecule has 0 saturated carbocycles. The van der Waals surface area contributed by atoms with E-state index in [-0.39, 0.29) is 17.4 Å². The van der Waals surface area contributed by atoms with Gasteiger partial charge in [0.25, 0.3) is 0 Å². The molecule has 0 spiro atoms. The van der Waals surface area contributed by atoms with E-state index < -0.39 is 11.8 Å². The molecule has 2 aromatic rings. The summed E-state index contributed by atoms with van der Waals surface area (Å²) >= 11 is 0. The Bertz CT molecular complexity index is 641. The summed E-state index contributed by atoms with van der Waals surface area (Å²) in [4.78, 5) is 11.7. The fourth-order valence-electron chi connectivity index (χ4n) is 1.99. The summed E-state index contributed by atoms with van der Waals surface area (Å²) in [7, 11) is 1.24. The lowest BCUT2D eigenvalue weighted by Gasteiger charge is -2.18. The van der Waals surface area contributed by atoms with Gasteiger partial charge in [-0.1, -0.05) is 12.1 Å². The van der Waals surface area contributed by atoms with Crippen LogP contribution in [0.25, 0.3) is 0 Å². The van der Waals surface area contributed by atoms with Crippen molar-refractivity contribution >= 4 is 11.7 Å². The molecule has 0 saturated heterocycles. The maximum Gasteiger partial charge on any atom is 0.340 e. The third-order valence-corrected chi connectivity index (χ3v) is 3.13. The van der Waals surface area contributed by atoms with Crippen molar-refractivity contribution in [1.82, 2.24) is 0 Å². The van der Waals surface area contributed by atoms with E-state index >= 15 is 0 Å². The van der Waals surface area contributed by atoms with Crippen molar-refractivity contribution in [2.45, 2.75) is 13.0 Å². The second-order valence-electron chi connectivity index (χ2n) is 4.60. The third kappa shape index (κ3) is 3.56. The summed E-state index contributed by atoms with van der Waals surface area (Å²) in [6.45, 7) is 1.86. The van der Waals surface area contributed by atoms with Crippen LogP contribution >= 0.6 is 0 Å². The van der Waals surface area contributed by atoms with Gasteiger partial charge in [-0.15, -0.1) is 0 Å². The molecule has 3 nitrogen and oxygen atoms in total. The Morgan fingerprint density at radius 1 is 1.10 bits per heavy atom. The Balaban J connectivity index is 2.26. The number of nitrogens with one attached hydrogen (secondary N) is 1. The highest BCUT2D eigenvalue weighted by atomic mass is 19.1. The smallest absolute Gasteiger partial charge is 0.340 e. The molecule has 1 unspecified atom stereocenters. The second-order valence-corrected chi connectivity index (χ2v) is 4.60. The summed E-state index contributed by atoms with van der Waals surface area (Å²) in [6, 6.07) is 9.68. The molecule has 2 rings (SSSR count). The molecule has 5 heteroatoms. The van der Waals surface area contributed by atoms with Crippen LogP contribution in [0, 0.1) is 11.6 Å². The third-order valence-electron chi connectivity index (χ3n) is 3.13. The molecule has 110 valence electrons. The number of benzene rings is 2. The van der Waals surface area contributed by atoms with E-state index in [1.54, 1.807) is 12.1 Å². The predicted octanol–water partition coefficient (Wildman–Crippen LogP) is 3.92. The van der Waals surface area contributed by atoms with Gasteiger partial charge >= 0.3 is 5.97 Å². The lowest BCUT2D eigenvalue weighted by atomic mass is 10.1. The molecule has 21 heavy (non-hydrogen) atoms. The molecule has 0 aliphatic carbocycles. The van der Waals surface area contributed by atoms with Crippen LogP contribution in [0.4, 0.5) is 14.5 Å². The number of carbonyl (C=O) groups is 1. The molecule has 2 aromatic carbocycles. The molecular weight excluding hydrogens is 276 g/mol. The molecule has 0 fully saturated rings. The number of ether oxygens (including phenoxy) is 1. The van der Waals surface area contributed by atoms with Gasteiger partial charge in [0.2, 0.25) is 0 Å². The van der Waals surface area contributed by atoms with E-state index in [0.717, 1.165) is 11.6 Å². The average molecular weight is 291 g/mol. The number of hydrogen-bond donors (Lipinski definition) is 1. The minimum atomic E-state index is -0.622. The Hall–Kier alpha value is -2.43. The first-order valence-corrected chi connectivity index (χ1v) is 6.41. The molecule has 1 atom stereocenters. The highest BCUT2D eigenvalue weighted by Gasteiger charge is 2.15. The van der Waals surface area contributed by atoms with E-state index in [0.29, 0.717) is 5.69 Å². The first-order valence-electron chi connectivity index (χ1n) is 6.41. The monoisotopic (exact) mass is 291 g/mol. The van der Waals surface area contributed by atoms with Gasteiger partial charge in [0.1, 0.15) is 11.6 Å². The minimum absolute atomic E-state index is 0.117. The maximum atomic E-state index is 13.3. The summed E-state index contributed by atoms with van der Waals surface area (Å²) in [5.41, 5.74) is 1.42. The summed E-state index contributed by atoms with van der Waals surface area (Å²) in [5, 5.41) is 3.10. The largest absolute Gasteiger partial charge is 0.465 e. The highest BCUT2D eigenvalue weighted by molar-refractivity contribution is 5.95. The van der Waals surface area contributed by atoms with Crippen molar-refractivity contribution < 1.29 is 18.3 Å². The zero-order valence-corrected chi connectivity index (χ0v) is 11.7. The van der Waals surface area contributed by atoms with Crippen molar-refractivity contribution in [2.75, 3.05) is 12.4 Å². The lowest BCUT2D eigenvalue weighted by molar-refractivity contribution is 0.0601. The van der Waals surface area contributed by atoms with Crippen molar-refractivity contribution in [3.05, 3.63) is 65.2 Å². The predicted molar refractivity (Wildman–Crippen MR) is 76.2 cm³/mol. The Morgan fingerprint density at radius 3 is 2.33 bits per heavy atom. The van der Waals surface area contributed by atoms with Crippen molar-refractivity contribution in [3.63, 3.8) is 0 Å². The average Bonchev–Trinajstić information content (AvgIpc) is 2.48. The van der Waals surface area contributed by atoms with Crippen LogP contribution in [0.2, 0.25) is 0 Å². The van der Waals surface area contributed by atoms with Crippen molar-refractivity contribution in [1.29, 1.82) is 0 Å². The zero-order valence-electron chi connectivity index (χ0n) is 11.7. The SMILES string of the molecule is COC(=O)c1cc(F)ccc1NC(C)c1ccc(F)cc1. The Kier molecular flexibility index (Phi) is 4.52. The fourth-order valence-corrected chi connectivity index (χ4v) is 1.99. The Morgan fingerprint density at radius 2 is 1.71 bits per heavy atom. The van der Waals surface area contributed by atoms with Crippen LogP contribution in [0.15, 0.2) is 42.5 Å². The van der Waals surface area contributed by atoms with E-state index in [9.17, 15) is 13.6 Å². The number of hydrogen-bond acceptors (Lipinski definition) is 3. The summed E-state index contributed by atoms with van der Waals surface area (Å²) in [6.07, 6.45) is 0. The van der Waals surface area contributed by atoms with Gasteiger partial charge in [-0.2, -0.15) is 0 Å². The number of halogens is 2. The number of methoxy groups -OCH3 is 1. The topological polar surface area (TPSA) is 38.3 Å². The molecule has 0 heterocycles. The fraction of sp³-hybridized carbons (Fsp3) is 0.188. The molecule has 0 aliphatic heterocycles. The van der Waals surface area contributed by atoms with Crippen LogP contribution in [-0.2, 0) is 4.74 Å². The molecule has 0 radical (unpaired) electrons. The molecule has 0 amide bonds. The van der Waals surface area contributed by atoms with Gasteiger partial charge in [0.15, 0.2) is 0 Å². The molecule has 0 aromatic heterocycles. The first-order chi connectivity index (χ1) is 10.0. The van der Waals surface area contributed by atoms with Crippen LogP contribution in [0.1, 0.15) is 28.9 Å². The zero-order chi connectivity index (χ0) is 15.4. The van der Waals surface area contributed by atoms with E-state index in [4.69, 9.17) is 0 Å². The Labute approximate surface area is 121 Å². The van der Waals surface area contributed by atoms with Crippen LogP contribution < -0.4 is 5.32 Å². The van der Waals surface area contributed by atoms with Gasteiger partial charge in [-0.25, -0.2) is 13.6 Å². The first kappa shape index (κ1) is 15.0. The standard InChI is InChI=1S/C16H15F2NO2/c1-10(11-3-5-12(17)6-4-11)19-15-8-7-13(18)9-14(15)16(20)21-2/h3-10,19H,1-2H3. The molecule has 1 N–H and O–H groups in total. The van der Waals surface area contributed by atoms with Gasteiger partial charge in [0.05, 0.1) is 12.7 Å². The quantitative estimate of drug-likeness (QED) is 0.868. The number of carbonyl (C=O) groups excluding carboxylic acids is 1. The number of anilines is 1. The summed E-state index contributed by atoms with van der Waals surface area (Å²) in [5.74, 6) is -1.46. The maximum absolute atomic E-state index is 13.3. The van der Waals surface area contributed by atoms with Gasteiger partial charge in [-0.05, 0) is 42.8 Å². The normalized spacial score (nSPS) is 11.8. The van der Waals surface area contributed by atoms with Crippen LogP contribution in [0.3, 0.4) is 0 Å². The van der Waals surface area contributed by atoms with Crippen molar-refractivity contribution in [3.8, 4) is 0 Å². The second kappa shape index (κ2) is 6.35. The van der Waals surface area contributed by atoms with Crippen molar-refractivity contribution in [2.24, 2.45) is 0 Å². The number of esters is 1. The molecule has 0 aliphatic rings. The molecular formula is C16H15F2NO2.